The molecule has 0 aliphatic heterocycles. The quantitative estimate of drug-likeness (QED) is 0.573. The number of nitrogens with zero attached hydrogens (tertiary/aromatic N) is 3. The van der Waals surface area contributed by atoms with Gasteiger partial charge in [0.1, 0.15) is 5.82 Å². The first-order chi connectivity index (χ1) is 10.6. The molecule has 0 aliphatic carbocycles. The average Bonchev–Trinajstić information content (AvgIpc) is 3.00. The summed E-state index contributed by atoms with van der Waals surface area (Å²) in [6.07, 6.45) is 1.68. The van der Waals surface area contributed by atoms with Gasteiger partial charge in [0.15, 0.2) is 5.82 Å². The zero-order chi connectivity index (χ0) is 15.7. The number of nitrogens with one attached hydrogen (secondary N) is 2. The fraction of sp³-hybridized carbons (Fsp3) is 0.133. The van der Waals surface area contributed by atoms with E-state index in [4.69, 9.17) is 12.2 Å². The van der Waals surface area contributed by atoms with Gasteiger partial charge in [-0.15, -0.1) is 0 Å². The number of hydrogen-bond acceptors (Lipinski definition) is 3. The Balaban J connectivity index is 2.06. The molecule has 0 amide bonds. The van der Waals surface area contributed by atoms with Crippen LogP contribution in [-0.4, -0.2) is 26.1 Å². The Morgan fingerprint density at radius 3 is 2.77 bits per heavy atom. The number of rotatable bonds is 3. The smallest absolute Gasteiger partial charge is 0.216 e. The van der Waals surface area contributed by atoms with Gasteiger partial charge in [0, 0.05) is 17.0 Å². The summed E-state index contributed by atoms with van der Waals surface area (Å²) in [5.74, 6) is -0.0362. The number of aromatic nitrogens is 4. The molecule has 5 nitrogen and oxygen atoms in total. The van der Waals surface area contributed by atoms with E-state index in [1.54, 1.807) is 24.4 Å². The maximum atomic E-state index is 13.9. The van der Waals surface area contributed by atoms with Crippen molar-refractivity contribution >= 4 is 18.4 Å². The molecule has 2 aromatic heterocycles. The summed E-state index contributed by atoms with van der Waals surface area (Å²) in [7, 11) is 0. The van der Waals surface area contributed by atoms with Crippen LogP contribution in [0.4, 0.5) is 4.39 Å². The van der Waals surface area contributed by atoms with Crippen LogP contribution in [0, 0.1) is 24.4 Å². The zero-order valence-corrected chi connectivity index (χ0v) is 12.9. The van der Waals surface area contributed by atoms with Crippen LogP contribution in [-0.2, 0) is 0 Å². The van der Waals surface area contributed by atoms with Crippen LogP contribution in [0.5, 0.6) is 0 Å². The maximum Gasteiger partial charge on any atom is 0.216 e. The van der Waals surface area contributed by atoms with E-state index in [1.807, 2.05) is 19.9 Å². The Kier molecular flexibility index (Phi) is 3.72. The van der Waals surface area contributed by atoms with Gasteiger partial charge in [-0.1, -0.05) is 12.1 Å². The van der Waals surface area contributed by atoms with Gasteiger partial charge in [0.05, 0.1) is 11.8 Å². The summed E-state index contributed by atoms with van der Waals surface area (Å²) >= 11 is 5.17. The molecule has 112 valence electrons. The van der Waals surface area contributed by atoms with Crippen molar-refractivity contribution < 1.29 is 4.39 Å². The molecule has 3 rings (SSSR count). The molecule has 1 aromatic carbocycles. The summed E-state index contributed by atoms with van der Waals surface area (Å²) in [5, 5.41) is 11.1. The van der Waals surface area contributed by atoms with E-state index in [0.29, 0.717) is 16.2 Å². The topological polar surface area (TPSA) is 61.8 Å². The van der Waals surface area contributed by atoms with Crippen molar-refractivity contribution in [3.05, 3.63) is 57.9 Å². The van der Waals surface area contributed by atoms with Crippen LogP contribution in [0.3, 0.4) is 0 Å². The lowest BCUT2D eigenvalue weighted by atomic mass is 10.2. The highest BCUT2D eigenvalue weighted by Crippen LogP contribution is 2.20. The van der Waals surface area contributed by atoms with Gasteiger partial charge in [-0.3, -0.25) is 0 Å². The van der Waals surface area contributed by atoms with E-state index in [1.165, 1.54) is 10.7 Å². The second-order valence-electron chi connectivity index (χ2n) is 4.92. The van der Waals surface area contributed by atoms with E-state index in [2.05, 4.69) is 20.3 Å². The normalized spacial score (nSPS) is 11.4. The van der Waals surface area contributed by atoms with Crippen molar-refractivity contribution in [3.8, 4) is 11.4 Å². The van der Waals surface area contributed by atoms with Crippen LogP contribution < -0.4 is 0 Å². The van der Waals surface area contributed by atoms with Gasteiger partial charge in [-0.25, -0.2) is 9.49 Å². The van der Waals surface area contributed by atoms with Crippen LogP contribution >= 0.6 is 12.2 Å². The van der Waals surface area contributed by atoms with Crippen LogP contribution in [0.1, 0.15) is 17.0 Å². The summed E-state index contributed by atoms with van der Waals surface area (Å²) in [5.41, 5.74) is 3.34. The first-order valence-corrected chi connectivity index (χ1v) is 7.10. The average molecular weight is 315 g/mol. The van der Waals surface area contributed by atoms with Crippen molar-refractivity contribution in [2.75, 3.05) is 0 Å². The van der Waals surface area contributed by atoms with Crippen molar-refractivity contribution in [1.82, 2.24) is 19.9 Å². The third kappa shape index (κ3) is 2.62. The molecule has 0 radical (unpaired) electrons. The van der Waals surface area contributed by atoms with E-state index < -0.39 is 0 Å². The van der Waals surface area contributed by atoms with E-state index in [-0.39, 0.29) is 5.82 Å². The third-order valence-corrected chi connectivity index (χ3v) is 3.53. The van der Waals surface area contributed by atoms with Crippen molar-refractivity contribution in [3.63, 3.8) is 0 Å². The molecule has 0 bridgehead atoms. The number of hydrogen-bond donors (Lipinski definition) is 2. The van der Waals surface area contributed by atoms with Crippen molar-refractivity contribution in [2.45, 2.75) is 13.8 Å². The van der Waals surface area contributed by atoms with E-state index >= 15 is 0 Å². The lowest BCUT2D eigenvalue weighted by Crippen LogP contribution is -1.97. The van der Waals surface area contributed by atoms with Crippen molar-refractivity contribution in [2.24, 2.45) is 5.10 Å². The summed E-state index contributed by atoms with van der Waals surface area (Å²) in [6, 6.07) is 8.35. The monoisotopic (exact) mass is 315 g/mol. The number of aromatic amines is 2. The molecule has 3 aromatic rings. The molecule has 0 saturated carbocycles. The maximum absolute atomic E-state index is 13.9. The second kappa shape index (κ2) is 5.69. The van der Waals surface area contributed by atoms with E-state index in [9.17, 15) is 4.39 Å². The van der Waals surface area contributed by atoms with Gasteiger partial charge < -0.3 is 4.98 Å². The predicted molar refractivity (Wildman–Crippen MR) is 86.1 cm³/mol. The van der Waals surface area contributed by atoms with E-state index in [0.717, 1.165) is 17.0 Å². The molecule has 0 aliphatic rings. The highest BCUT2D eigenvalue weighted by Gasteiger charge is 2.12. The zero-order valence-electron chi connectivity index (χ0n) is 12.1. The molecule has 0 saturated heterocycles. The van der Waals surface area contributed by atoms with Gasteiger partial charge in [-0.2, -0.15) is 14.9 Å². The van der Waals surface area contributed by atoms with Gasteiger partial charge in [-0.05, 0) is 44.3 Å². The Morgan fingerprint density at radius 1 is 1.32 bits per heavy atom. The number of aryl methyl sites for hydroxylation is 2. The first-order valence-electron chi connectivity index (χ1n) is 6.69. The highest BCUT2D eigenvalue weighted by atomic mass is 32.1. The molecule has 2 heterocycles. The molecule has 7 heteroatoms. The lowest BCUT2D eigenvalue weighted by Gasteiger charge is -2.01. The molecule has 0 atom stereocenters. The first kappa shape index (κ1) is 14.4. The number of benzene rings is 1. The van der Waals surface area contributed by atoms with Gasteiger partial charge >= 0.3 is 0 Å². The van der Waals surface area contributed by atoms with Crippen LogP contribution in [0.2, 0.25) is 0 Å². The van der Waals surface area contributed by atoms with Gasteiger partial charge in [0.2, 0.25) is 4.77 Å². The highest BCUT2D eigenvalue weighted by molar-refractivity contribution is 7.71. The fourth-order valence-electron chi connectivity index (χ4n) is 2.22. The molecule has 0 fully saturated rings. The SMILES string of the molecule is Cc1cc(/C=N/n2c(-c3ccccc3F)n[nH]c2=S)c(C)[nH]1. The Morgan fingerprint density at radius 2 is 2.09 bits per heavy atom. The molecule has 0 unspecified atom stereocenters. The molecular formula is C15H14FN5S. The van der Waals surface area contributed by atoms with Gasteiger partial charge in [0.25, 0.3) is 0 Å². The standard InChI is InChI=1S/C15H14FN5S/c1-9-7-11(10(2)18-9)8-17-21-14(19-20-15(21)22)12-5-3-4-6-13(12)16/h3-8,18H,1-2H3,(H,20,22)/b17-8+. The Bertz CT molecular complexity index is 903. The summed E-state index contributed by atoms with van der Waals surface area (Å²) in [6.45, 7) is 3.93. The third-order valence-electron chi connectivity index (χ3n) is 3.27. The Hall–Kier alpha value is -2.54. The van der Waals surface area contributed by atoms with Crippen LogP contribution in [0.15, 0.2) is 35.4 Å². The minimum atomic E-state index is -0.374. The summed E-state index contributed by atoms with van der Waals surface area (Å²) < 4.78 is 15.7. The number of H-pyrrole nitrogens is 2. The molecular weight excluding hydrogens is 301 g/mol. The number of halogens is 1. The van der Waals surface area contributed by atoms with Crippen LogP contribution in [0.25, 0.3) is 11.4 Å². The minimum absolute atomic E-state index is 0.305. The van der Waals surface area contributed by atoms with Crippen molar-refractivity contribution in [1.29, 1.82) is 0 Å². The largest absolute Gasteiger partial charge is 0.362 e. The lowest BCUT2D eigenvalue weighted by molar-refractivity contribution is 0.628. The Labute approximate surface area is 131 Å². The molecule has 2 N–H and O–H groups in total. The summed E-state index contributed by atoms with van der Waals surface area (Å²) in [4.78, 5) is 3.20. The minimum Gasteiger partial charge on any atom is -0.362 e. The fourth-order valence-corrected chi connectivity index (χ4v) is 2.39. The molecule has 22 heavy (non-hydrogen) atoms. The second-order valence-corrected chi connectivity index (χ2v) is 5.31. The molecule has 0 spiro atoms. The predicted octanol–water partition coefficient (Wildman–Crippen LogP) is 3.57.